The second-order valence-electron chi connectivity index (χ2n) is 5.10. The summed E-state index contributed by atoms with van der Waals surface area (Å²) in [6.07, 6.45) is 3.48. The minimum Gasteiger partial charge on any atom is -0.454 e. The summed E-state index contributed by atoms with van der Waals surface area (Å²) in [5.74, 6) is 1.72. The molecule has 0 radical (unpaired) electrons. The van der Waals surface area contributed by atoms with E-state index in [1.54, 1.807) is 7.11 Å². The molecule has 0 spiro atoms. The minimum atomic E-state index is 0.0624. The van der Waals surface area contributed by atoms with Gasteiger partial charge in [0.25, 0.3) is 0 Å². The third-order valence-corrected chi connectivity index (χ3v) is 4.16. The topological polar surface area (TPSA) is 53.7 Å². The van der Waals surface area contributed by atoms with Gasteiger partial charge in [0.2, 0.25) is 6.79 Å². The van der Waals surface area contributed by atoms with Gasteiger partial charge in [0.1, 0.15) is 0 Å². The largest absolute Gasteiger partial charge is 0.454 e. The van der Waals surface area contributed by atoms with Crippen LogP contribution >= 0.6 is 0 Å². The van der Waals surface area contributed by atoms with Crippen LogP contribution in [0.4, 0.5) is 0 Å². The highest BCUT2D eigenvalue weighted by Crippen LogP contribution is 2.51. The molecule has 2 aliphatic rings. The van der Waals surface area contributed by atoms with Crippen LogP contribution in [0.1, 0.15) is 30.4 Å². The lowest BCUT2D eigenvalue weighted by atomic mass is 9.63. The number of hydrogen-bond acceptors (Lipinski definition) is 4. The van der Waals surface area contributed by atoms with Gasteiger partial charge in [-0.3, -0.25) is 0 Å². The molecule has 0 amide bonds. The predicted molar refractivity (Wildman–Crippen MR) is 67.9 cm³/mol. The average Bonchev–Trinajstić information content (AvgIpc) is 2.79. The van der Waals surface area contributed by atoms with Gasteiger partial charge in [-0.2, -0.15) is 0 Å². The van der Waals surface area contributed by atoms with Crippen LogP contribution in [0.2, 0.25) is 0 Å². The molecule has 3 rings (SSSR count). The maximum atomic E-state index is 6.02. The highest BCUT2D eigenvalue weighted by Gasteiger charge is 2.42. The van der Waals surface area contributed by atoms with Crippen LogP contribution in [-0.2, 0) is 16.8 Å². The summed E-state index contributed by atoms with van der Waals surface area (Å²) >= 11 is 0. The van der Waals surface area contributed by atoms with Crippen molar-refractivity contribution < 1.29 is 14.2 Å². The molecule has 1 aromatic carbocycles. The molecule has 1 aliphatic carbocycles. The normalized spacial score (nSPS) is 19.7. The van der Waals surface area contributed by atoms with Gasteiger partial charge in [0.15, 0.2) is 11.5 Å². The molecule has 1 aliphatic heterocycles. The van der Waals surface area contributed by atoms with Gasteiger partial charge in [0.05, 0.1) is 6.61 Å². The van der Waals surface area contributed by atoms with Crippen molar-refractivity contribution in [2.75, 3.05) is 20.4 Å². The van der Waals surface area contributed by atoms with Crippen molar-refractivity contribution in [3.63, 3.8) is 0 Å². The van der Waals surface area contributed by atoms with Gasteiger partial charge in [-0.1, -0.05) is 12.5 Å². The van der Waals surface area contributed by atoms with Crippen LogP contribution in [0.15, 0.2) is 12.1 Å². The van der Waals surface area contributed by atoms with E-state index in [2.05, 4.69) is 6.07 Å². The van der Waals surface area contributed by atoms with Gasteiger partial charge >= 0.3 is 0 Å². The number of rotatable bonds is 4. The molecule has 0 saturated heterocycles. The first kappa shape index (κ1) is 11.8. The SMILES string of the molecule is COCc1ccc2c(c1C1(CN)CCC1)OCO2. The van der Waals surface area contributed by atoms with E-state index < -0.39 is 0 Å². The lowest BCUT2D eigenvalue weighted by molar-refractivity contribution is 0.164. The fourth-order valence-electron chi connectivity index (χ4n) is 3.03. The molecule has 98 valence electrons. The summed E-state index contributed by atoms with van der Waals surface area (Å²) in [6.45, 7) is 1.55. The fraction of sp³-hybridized carbons (Fsp3) is 0.571. The monoisotopic (exact) mass is 249 g/mol. The Morgan fingerprint density at radius 2 is 2.17 bits per heavy atom. The summed E-state index contributed by atoms with van der Waals surface area (Å²) in [5, 5.41) is 0. The highest BCUT2D eigenvalue weighted by atomic mass is 16.7. The molecular weight excluding hydrogens is 230 g/mol. The van der Waals surface area contributed by atoms with Gasteiger partial charge in [0, 0.05) is 24.6 Å². The van der Waals surface area contributed by atoms with Crippen molar-refractivity contribution in [3.8, 4) is 11.5 Å². The molecule has 2 N–H and O–H groups in total. The highest BCUT2D eigenvalue weighted by molar-refractivity contribution is 5.56. The third kappa shape index (κ3) is 1.60. The zero-order valence-electron chi connectivity index (χ0n) is 10.7. The van der Waals surface area contributed by atoms with Crippen LogP contribution in [-0.4, -0.2) is 20.4 Å². The van der Waals surface area contributed by atoms with Crippen molar-refractivity contribution in [2.45, 2.75) is 31.3 Å². The summed E-state index contributed by atoms with van der Waals surface area (Å²) in [4.78, 5) is 0. The Morgan fingerprint density at radius 3 is 2.78 bits per heavy atom. The molecule has 0 atom stereocenters. The molecule has 0 unspecified atom stereocenters. The molecule has 18 heavy (non-hydrogen) atoms. The van der Waals surface area contributed by atoms with E-state index in [1.165, 1.54) is 17.5 Å². The molecule has 1 saturated carbocycles. The van der Waals surface area contributed by atoms with Crippen molar-refractivity contribution in [1.82, 2.24) is 0 Å². The second kappa shape index (κ2) is 4.44. The van der Waals surface area contributed by atoms with Gasteiger partial charge in [-0.25, -0.2) is 0 Å². The molecule has 0 bridgehead atoms. The first-order valence-corrected chi connectivity index (χ1v) is 6.42. The Hall–Kier alpha value is -1.26. The molecular formula is C14H19NO3. The Bertz CT molecular complexity index is 449. The van der Waals surface area contributed by atoms with Gasteiger partial charge in [-0.15, -0.1) is 0 Å². The first-order valence-electron chi connectivity index (χ1n) is 6.42. The average molecular weight is 249 g/mol. The standard InChI is InChI=1S/C14H19NO3/c1-16-7-10-3-4-11-13(18-9-17-11)12(10)14(8-15)5-2-6-14/h3-4H,2,5-9,15H2,1H3. The summed E-state index contributed by atoms with van der Waals surface area (Å²) < 4.78 is 16.4. The van der Waals surface area contributed by atoms with Crippen LogP contribution in [0.5, 0.6) is 11.5 Å². The predicted octanol–water partition coefficient (Wildman–Crippen LogP) is 1.94. The molecule has 1 fully saturated rings. The Balaban J connectivity index is 2.12. The molecule has 0 aromatic heterocycles. The van der Waals surface area contributed by atoms with Crippen molar-refractivity contribution in [1.29, 1.82) is 0 Å². The van der Waals surface area contributed by atoms with E-state index in [-0.39, 0.29) is 5.41 Å². The number of ether oxygens (including phenoxy) is 3. The number of benzene rings is 1. The quantitative estimate of drug-likeness (QED) is 0.886. The zero-order chi connectivity index (χ0) is 12.6. The third-order valence-electron chi connectivity index (χ3n) is 4.16. The molecule has 1 aromatic rings. The lowest BCUT2D eigenvalue weighted by Gasteiger charge is -2.43. The molecule has 4 nitrogen and oxygen atoms in total. The van der Waals surface area contributed by atoms with Crippen LogP contribution in [0.25, 0.3) is 0 Å². The van der Waals surface area contributed by atoms with Crippen LogP contribution in [0, 0.1) is 0 Å². The van der Waals surface area contributed by atoms with Crippen molar-refractivity contribution >= 4 is 0 Å². The van der Waals surface area contributed by atoms with Gasteiger partial charge in [-0.05, 0) is 24.5 Å². The smallest absolute Gasteiger partial charge is 0.231 e. The molecule has 1 heterocycles. The van der Waals surface area contributed by atoms with E-state index in [4.69, 9.17) is 19.9 Å². The molecule has 4 heteroatoms. The van der Waals surface area contributed by atoms with E-state index in [0.29, 0.717) is 19.9 Å². The van der Waals surface area contributed by atoms with Crippen molar-refractivity contribution in [2.24, 2.45) is 5.73 Å². The maximum Gasteiger partial charge on any atom is 0.231 e. The lowest BCUT2D eigenvalue weighted by Crippen LogP contribution is -2.42. The summed E-state index contributed by atoms with van der Waals surface area (Å²) in [5.41, 5.74) is 8.47. The Labute approximate surface area is 107 Å². The summed E-state index contributed by atoms with van der Waals surface area (Å²) in [7, 11) is 1.71. The minimum absolute atomic E-state index is 0.0624. The van der Waals surface area contributed by atoms with E-state index in [0.717, 1.165) is 24.3 Å². The number of fused-ring (bicyclic) bond motifs is 1. The maximum absolute atomic E-state index is 6.02. The second-order valence-corrected chi connectivity index (χ2v) is 5.10. The van der Waals surface area contributed by atoms with Gasteiger partial charge < -0.3 is 19.9 Å². The van der Waals surface area contributed by atoms with Crippen molar-refractivity contribution in [3.05, 3.63) is 23.3 Å². The number of methoxy groups -OCH3 is 1. The number of nitrogens with two attached hydrogens (primary N) is 1. The van der Waals surface area contributed by atoms with E-state index >= 15 is 0 Å². The Kier molecular flexibility index (Phi) is 2.92. The Morgan fingerprint density at radius 1 is 1.33 bits per heavy atom. The number of hydrogen-bond donors (Lipinski definition) is 1. The van der Waals surface area contributed by atoms with Crippen LogP contribution < -0.4 is 15.2 Å². The van der Waals surface area contributed by atoms with E-state index in [9.17, 15) is 0 Å². The first-order chi connectivity index (χ1) is 8.80. The fourth-order valence-corrected chi connectivity index (χ4v) is 3.03. The van der Waals surface area contributed by atoms with E-state index in [1.807, 2.05) is 6.07 Å². The van der Waals surface area contributed by atoms with Crippen LogP contribution in [0.3, 0.4) is 0 Å². The zero-order valence-corrected chi connectivity index (χ0v) is 10.7. The summed E-state index contributed by atoms with van der Waals surface area (Å²) in [6, 6.07) is 4.03.